The number of halogens is 1. The van der Waals surface area contributed by atoms with Crippen LogP contribution in [0.4, 0.5) is 11.4 Å². The Morgan fingerprint density at radius 2 is 1.87 bits per heavy atom. The van der Waals surface area contributed by atoms with Gasteiger partial charge in [-0.25, -0.2) is 0 Å². The van der Waals surface area contributed by atoms with Gasteiger partial charge < -0.3 is 20.2 Å². The first kappa shape index (κ1) is 22.5. The first-order valence-corrected chi connectivity index (χ1v) is 8.83. The van der Waals surface area contributed by atoms with Gasteiger partial charge in [0.25, 0.3) is 11.6 Å². The maximum atomic E-state index is 12.2. The van der Waals surface area contributed by atoms with Gasteiger partial charge in [0.2, 0.25) is 5.91 Å². The zero-order valence-corrected chi connectivity index (χ0v) is 16.9. The number of nitro benzene ring substituents is 1. The second-order valence-corrected chi connectivity index (χ2v) is 6.30. The average molecular weight is 435 g/mol. The van der Waals surface area contributed by atoms with Crippen molar-refractivity contribution >= 4 is 34.8 Å². The molecular weight excluding hydrogens is 416 g/mol. The molecule has 0 atom stereocenters. The molecule has 0 aliphatic heterocycles. The molecule has 0 saturated carbocycles. The summed E-state index contributed by atoms with van der Waals surface area (Å²) in [6.45, 7) is 3.68. The molecule has 2 rings (SSSR count). The molecular formula is C19H19ClN4O6. The van der Waals surface area contributed by atoms with Crippen molar-refractivity contribution in [2.75, 3.05) is 19.5 Å². The topological polar surface area (TPSA) is 132 Å². The maximum Gasteiger partial charge on any atom is 0.287 e. The Morgan fingerprint density at radius 1 is 1.13 bits per heavy atom. The number of methoxy groups -OCH3 is 2. The van der Waals surface area contributed by atoms with E-state index in [-0.39, 0.29) is 28.4 Å². The average Bonchev–Trinajstić information content (AvgIpc) is 2.71. The summed E-state index contributed by atoms with van der Waals surface area (Å²) < 4.78 is 10.3. The normalized spacial score (nSPS) is 9.97. The Morgan fingerprint density at radius 3 is 2.47 bits per heavy atom. The molecule has 0 aliphatic rings. The van der Waals surface area contributed by atoms with E-state index >= 15 is 0 Å². The highest BCUT2D eigenvalue weighted by Gasteiger charge is 2.16. The molecule has 0 aromatic heterocycles. The van der Waals surface area contributed by atoms with Gasteiger partial charge in [0.05, 0.1) is 31.3 Å². The molecule has 0 unspecified atom stereocenters. The van der Waals surface area contributed by atoms with Gasteiger partial charge in [0.1, 0.15) is 16.5 Å². The number of anilines is 1. The summed E-state index contributed by atoms with van der Waals surface area (Å²) in [6, 6.07) is 8.49. The number of rotatable bonds is 9. The van der Waals surface area contributed by atoms with Gasteiger partial charge in [0, 0.05) is 23.4 Å². The van der Waals surface area contributed by atoms with E-state index in [2.05, 4.69) is 22.7 Å². The Hall–Kier alpha value is -3.79. The van der Waals surface area contributed by atoms with E-state index in [9.17, 15) is 19.7 Å². The third-order valence-corrected chi connectivity index (χ3v) is 4.12. The van der Waals surface area contributed by atoms with Crippen LogP contribution in [0.5, 0.6) is 11.5 Å². The maximum absolute atomic E-state index is 12.2. The van der Waals surface area contributed by atoms with E-state index in [0.29, 0.717) is 17.2 Å². The van der Waals surface area contributed by atoms with Crippen LogP contribution in [-0.4, -0.2) is 31.0 Å². The van der Waals surface area contributed by atoms with Gasteiger partial charge in [-0.2, -0.15) is 0 Å². The van der Waals surface area contributed by atoms with Crippen LogP contribution in [0.25, 0.3) is 0 Å². The molecule has 0 aliphatic carbocycles. The molecule has 158 valence electrons. The van der Waals surface area contributed by atoms with E-state index in [1.54, 1.807) is 18.2 Å². The van der Waals surface area contributed by atoms with Gasteiger partial charge >= 0.3 is 0 Å². The lowest BCUT2D eigenvalue weighted by molar-refractivity contribution is -0.384. The minimum Gasteiger partial charge on any atom is -0.497 e. The summed E-state index contributed by atoms with van der Waals surface area (Å²) in [6.07, 6.45) is -0.151. The summed E-state index contributed by atoms with van der Waals surface area (Å²) in [5, 5.41) is 13.3. The van der Waals surface area contributed by atoms with Gasteiger partial charge in [-0.15, -0.1) is 0 Å². The lowest BCUT2D eigenvalue weighted by atomic mass is 10.2. The van der Waals surface area contributed by atoms with Crippen LogP contribution in [0.15, 0.2) is 48.7 Å². The van der Waals surface area contributed by atoms with Crippen molar-refractivity contribution in [3.63, 3.8) is 0 Å². The highest BCUT2D eigenvalue weighted by atomic mass is 35.5. The molecule has 0 saturated heterocycles. The van der Waals surface area contributed by atoms with Gasteiger partial charge in [-0.3, -0.25) is 25.1 Å². The third kappa shape index (κ3) is 5.85. The zero-order chi connectivity index (χ0) is 22.3. The zero-order valence-electron chi connectivity index (χ0n) is 16.2. The number of nitrogens with one attached hydrogen (secondary N) is 3. The molecule has 0 radical (unpaired) electrons. The van der Waals surface area contributed by atoms with E-state index in [0.717, 1.165) is 6.07 Å². The molecule has 3 N–H and O–H groups in total. The minimum absolute atomic E-state index is 0.0940. The molecule has 30 heavy (non-hydrogen) atoms. The van der Waals surface area contributed by atoms with Crippen molar-refractivity contribution in [1.29, 1.82) is 0 Å². The Labute approximate surface area is 176 Å². The monoisotopic (exact) mass is 434 g/mol. The van der Waals surface area contributed by atoms with Crippen LogP contribution < -0.4 is 25.6 Å². The second-order valence-electron chi connectivity index (χ2n) is 5.90. The number of benzene rings is 2. The Kier molecular flexibility index (Phi) is 7.59. The summed E-state index contributed by atoms with van der Waals surface area (Å²) >= 11 is 5.79. The van der Waals surface area contributed by atoms with Crippen LogP contribution in [-0.2, 0) is 4.79 Å². The van der Waals surface area contributed by atoms with Crippen molar-refractivity contribution < 1.29 is 24.0 Å². The van der Waals surface area contributed by atoms with E-state index < -0.39 is 16.7 Å². The quantitative estimate of drug-likeness (QED) is 0.408. The van der Waals surface area contributed by atoms with Crippen molar-refractivity contribution in [1.82, 2.24) is 10.9 Å². The summed E-state index contributed by atoms with van der Waals surface area (Å²) in [4.78, 5) is 34.5. The van der Waals surface area contributed by atoms with Crippen molar-refractivity contribution in [3.05, 3.63) is 69.4 Å². The molecule has 0 bridgehead atoms. The summed E-state index contributed by atoms with van der Waals surface area (Å²) in [5.74, 6) is -0.0300. The number of hydrazine groups is 1. The van der Waals surface area contributed by atoms with Crippen molar-refractivity contribution in [2.45, 2.75) is 6.42 Å². The van der Waals surface area contributed by atoms with Gasteiger partial charge in [-0.1, -0.05) is 18.2 Å². The Bertz CT molecular complexity index is 995. The van der Waals surface area contributed by atoms with Crippen LogP contribution in [0, 0.1) is 10.1 Å². The number of nitro groups is 1. The number of hydrogen-bond donors (Lipinski definition) is 3. The van der Waals surface area contributed by atoms with Crippen LogP contribution in [0.3, 0.4) is 0 Å². The highest BCUT2D eigenvalue weighted by Crippen LogP contribution is 2.29. The van der Waals surface area contributed by atoms with Gasteiger partial charge in [-0.05, 0) is 24.3 Å². The lowest BCUT2D eigenvalue weighted by Crippen LogP contribution is -2.37. The highest BCUT2D eigenvalue weighted by molar-refractivity contribution is 6.33. The number of nitrogens with zero attached hydrogens (tertiary/aromatic N) is 1. The van der Waals surface area contributed by atoms with E-state index in [1.807, 2.05) is 0 Å². The predicted octanol–water partition coefficient (Wildman–Crippen LogP) is 3.04. The first-order chi connectivity index (χ1) is 14.2. The van der Waals surface area contributed by atoms with E-state index in [4.69, 9.17) is 21.1 Å². The predicted molar refractivity (Wildman–Crippen MR) is 111 cm³/mol. The molecule has 2 aromatic carbocycles. The molecule has 11 heteroatoms. The fourth-order valence-corrected chi connectivity index (χ4v) is 2.61. The number of hydrogen-bond acceptors (Lipinski definition) is 7. The number of carbonyl (C=O) groups excluding carboxylic acids is 2. The standard InChI is InChI=1S/C19H19ClN4O6/c1-11(8-18(25)21-15-10-13(29-2)5-7-17(15)30-3)22-23-19(26)12-4-6-16(24(27)28)14(20)9-12/h4-7,9-10,22H,1,8H2,2-3H3,(H,21,25)(H,23,26). The van der Waals surface area contributed by atoms with Crippen molar-refractivity contribution in [2.24, 2.45) is 0 Å². The molecule has 2 amide bonds. The van der Waals surface area contributed by atoms with Crippen LogP contribution >= 0.6 is 11.6 Å². The molecule has 0 fully saturated rings. The summed E-state index contributed by atoms with van der Waals surface area (Å²) in [5.41, 5.74) is 5.27. The smallest absolute Gasteiger partial charge is 0.287 e. The Balaban J connectivity index is 1.91. The minimum atomic E-state index is -0.653. The third-order valence-electron chi connectivity index (χ3n) is 3.81. The number of ether oxygens (including phenoxy) is 2. The number of amides is 2. The SMILES string of the molecule is C=C(CC(=O)Nc1cc(OC)ccc1OC)NNC(=O)c1ccc([N+](=O)[O-])c(Cl)c1. The fraction of sp³-hybridized carbons (Fsp3) is 0.158. The molecule has 0 heterocycles. The number of carbonyl (C=O) groups is 2. The first-order valence-electron chi connectivity index (χ1n) is 8.45. The molecule has 2 aromatic rings. The van der Waals surface area contributed by atoms with E-state index in [1.165, 1.54) is 26.4 Å². The largest absolute Gasteiger partial charge is 0.497 e. The fourth-order valence-electron chi connectivity index (χ4n) is 2.36. The van der Waals surface area contributed by atoms with Crippen molar-refractivity contribution in [3.8, 4) is 11.5 Å². The van der Waals surface area contributed by atoms with Crippen LogP contribution in [0.1, 0.15) is 16.8 Å². The van der Waals surface area contributed by atoms with Crippen LogP contribution in [0.2, 0.25) is 5.02 Å². The lowest BCUT2D eigenvalue weighted by Gasteiger charge is -2.14. The second kappa shape index (κ2) is 10.1. The molecule has 0 spiro atoms. The van der Waals surface area contributed by atoms with Gasteiger partial charge in [0.15, 0.2) is 0 Å². The molecule has 10 nitrogen and oxygen atoms in total. The summed E-state index contributed by atoms with van der Waals surface area (Å²) in [7, 11) is 2.97.